The van der Waals surface area contributed by atoms with Crippen molar-refractivity contribution in [3.63, 3.8) is 0 Å². The average Bonchev–Trinajstić information content (AvgIpc) is 2.78. The van der Waals surface area contributed by atoms with E-state index >= 15 is 0 Å². The molecule has 0 amide bonds. The third-order valence-electron chi connectivity index (χ3n) is 6.27. The van der Waals surface area contributed by atoms with Crippen LogP contribution in [0.3, 0.4) is 0 Å². The van der Waals surface area contributed by atoms with E-state index in [9.17, 15) is 24.6 Å². The number of Topliss-reactive ketones (excluding diaryl/α,β-unsaturated/α-hetero) is 1. The molecule has 0 fully saturated rings. The molecule has 0 radical (unpaired) electrons. The van der Waals surface area contributed by atoms with Crippen LogP contribution in [0.4, 0.5) is 0 Å². The lowest BCUT2D eigenvalue weighted by atomic mass is 9.83. The number of rotatable bonds is 1. The molecule has 0 saturated heterocycles. The zero-order valence-corrected chi connectivity index (χ0v) is 19.1. The fraction of sp³-hybridized carbons (Fsp3) is 0.370. The number of carbonyl (C=O) groups is 3. The van der Waals surface area contributed by atoms with Crippen LogP contribution in [0.2, 0.25) is 0 Å². The second-order valence-corrected chi connectivity index (χ2v) is 8.86. The lowest BCUT2D eigenvalue weighted by Crippen LogP contribution is -2.23. The van der Waals surface area contributed by atoms with E-state index < -0.39 is 24.0 Å². The molecular formula is C27H28O7. The molecule has 0 aromatic heterocycles. The number of benzene rings is 2. The van der Waals surface area contributed by atoms with Gasteiger partial charge in [0, 0.05) is 24.3 Å². The van der Waals surface area contributed by atoms with Gasteiger partial charge in [0.25, 0.3) is 0 Å². The van der Waals surface area contributed by atoms with Gasteiger partial charge in [-0.2, -0.15) is 0 Å². The molecule has 178 valence electrons. The highest BCUT2D eigenvalue weighted by Crippen LogP contribution is 2.47. The highest BCUT2D eigenvalue weighted by molar-refractivity contribution is 5.98. The maximum absolute atomic E-state index is 13.2. The maximum Gasteiger partial charge on any atom is 0.342 e. The van der Waals surface area contributed by atoms with Crippen molar-refractivity contribution in [2.24, 2.45) is 0 Å². The first-order valence-corrected chi connectivity index (χ1v) is 11.6. The van der Waals surface area contributed by atoms with Crippen LogP contribution in [0.15, 0.2) is 36.4 Å². The Balaban J connectivity index is 1.81. The summed E-state index contributed by atoms with van der Waals surface area (Å²) in [6, 6.07) is 7.95. The molecule has 7 nitrogen and oxygen atoms in total. The Morgan fingerprint density at radius 2 is 1.74 bits per heavy atom. The summed E-state index contributed by atoms with van der Waals surface area (Å²) >= 11 is 0. The van der Waals surface area contributed by atoms with E-state index in [1.165, 1.54) is 12.1 Å². The van der Waals surface area contributed by atoms with Crippen LogP contribution in [0.5, 0.6) is 17.2 Å². The van der Waals surface area contributed by atoms with E-state index in [0.29, 0.717) is 55.2 Å². The van der Waals surface area contributed by atoms with E-state index in [0.717, 1.165) is 0 Å². The molecule has 2 atom stereocenters. The Bertz CT molecular complexity index is 1130. The van der Waals surface area contributed by atoms with Gasteiger partial charge in [0.05, 0.1) is 12.5 Å². The van der Waals surface area contributed by atoms with Crippen LogP contribution >= 0.6 is 0 Å². The van der Waals surface area contributed by atoms with Gasteiger partial charge in [0.15, 0.2) is 0 Å². The van der Waals surface area contributed by atoms with Crippen molar-refractivity contribution >= 4 is 23.8 Å². The van der Waals surface area contributed by atoms with E-state index in [1.807, 2.05) is 6.08 Å². The Morgan fingerprint density at radius 1 is 1.00 bits per heavy atom. The first-order chi connectivity index (χ1) is 16.3. The molecule has 0 spiro atoms. The normalized spacial score (nSPS) is 21.6. The summed E-state index contributed by atoms with van der Waals surface area (Å²) in [6.07, 6.45) is 6.53. The molecule has 2 aliphatic rings. The molecule has 2 aromatic rings. The second kappa shape index (κ2) is 10.1. The number of cyclic esters (lactones) is 1. The van der Waals surface area contributed by atoms with Gasteiger partial charge >= 0.3 is 11.9 Å². The fourth-order valence-corrected chi connectivity index (χ4v) is 4.51. The number of allylic oxidation sites excluding steroid dienone is 1. The number of phenols is 2. The van der Waals surface area contributed by atoms with Crippen LogP contribution in [0, 0.1) is 0 Å². The smallest absolute Gasteiger partial charge is 0.342 e. The van der Waals surface area contributed by atoms with Crippen LogP contribution in [0.1, 0.15) is 84.8 Å². The number of fused-ring (bicyclic) bond motifs is 2. The molecule has 34 heavy (non-hydrogen) atoms. The van der Waals surface area contributed by atoms with E-state index in [-0.39, 0.29) is 35.0 Å². The van der Waals surface area contributed by atoms with Crippen molar-refractivity contribution in [1.82, 2.24) is 0 Å². The zero-order valence-electron chi connectivity index (χ0n) is 19.1. The number of ether oxygens (including phenoxy) is 2. The SMILES string of the molecule is C[C@@H]1CCCC(=O)CCCC=Cc2cc3c(c(O)c2C(=O)O1)[C@H](c1ccc(O)cc1)CC(=O)O3. The Kier molecular flexibility index (Phi) is 7.01. The van der Waals surface area contributed by atoms with Gasteiger partial charge in [-0.05, 0) is 61.9 Å². The van der Waals surface area contributed by atoms with Gasteiger partial charge in [-0.1, -0.05) is 24.3 Å². The van der Waals surface area contributed by atoms with Gasteiger partial charge in [0.2, 0.25) is 0 Å². The summed E-state index contributed by atoms with van der Waals surface area (Å²) in [6.45, 7) is 1.76. The van der Waals surface area contributed by atoms with Crippen LogP contribution in [-0.2, 0) is 14.3 Å². The van der Waals surface area contributed by atoms with Crippen molar-refractivity contribution < 1.29 is 34.1 Å². The first-order valence-electron chi connectivity index (χ1n) is 11.6. The minimum absolute atomic E-state index is 0.0144. The first kappa shape index (κ1) is 23.5. The Hall–Kier alpha value is -3.61. The largest absolute Gasteiger partial charge is 0.508 e. The molecule has 2 heterocycles. The van der Waals surface area contributed by atoms with Crippen LogP contribution in [0.25, 0.3) is 6.08 Å². The summed E-state index contributed by atoms with van der Waals surface area (Å²) in [7, 11) is 0. The number of esters is 2. The molecule has 4 rings (SSSR count). The number of hydrogen-bond donors (Lipinski definition) is 2. The molecule has 0 bridgehead atoms. The molecule has 0 saturated carbocycles. The molecule has 0 aliphatic carbocycles. The Morgan fingerprint density at radius 3 is 2.50 bits per heavy atom. The summed E-state index contributed by atoms with van der Waals surface area (Å²) in [5, 5.41) is 21.0. The molecular weight excluding hydrogens is 436 g/mol. The third kappa shape index (κ3) is 5.14. The van der Waals surface area contributed by atoms with E-state index in [4.69, 9.17) is 9.47 Å². The number of aromatic hydroxyl groups is 2. The second-order valence-electron chi connectivity index (χ2n) is 8.86. The number of carbonyl (C=O) groups excluding carboxylic acids is 3. The molecule has 2 N–H and O–H groups in total. The minimum atomic E-state index is -0.669. The predicted molar refractivity (Wildman–Crippen MR) is 125 cm³/mol. The quantitative estimate of drug-likeness (QED) is 0.450. The van der Waals surface area contributed by atoms with Crippen LogP contribution in [-0.4, -0.2) is 34.0 Å². The number of hydrogen-bond acceptors (Lipinski definition) is 7. The summed E-state index contributed by atoms with van der Waals surface area (Å²) in [4.78, 5) is 37.6. The lowest BCUT2D eigenvalue weighted by Gasteiger charge is -2.27. The van der Waals surface area contributed by atoms with E-state index in [1.54, 1.807) is 31.2 Å². The van der Waals surface area contributed by atoms with Crippen molar-refractivity contribution in [1.29, 1.82) is 0 Å². The minimum Gasteiger partial charge on any atom is -0.508 e. The molecule has 0 unspecified atom stereocenters. The fourth-order valence-electron chi connectivity index (χ4n) is 4.51. The standard InChI is InChI=1S/C27H28O7/c1-16-6-5-9-19(28)8-4-2-3-7-18-14-22-25(26(31)24(18)27(32)33-16)21(15-23(30)34-22)17-10-12-20(29)13-11-17/h3,7,10-14,16,21,29,31H,2,4-6,8-9,15H2,1H3/t16-,21+/m1/s1. The monoisotopic (exact) mass is 464 g/mol. The molecule has 2 aromatic carbocycles. The average molecular weight is 465 g/mol. The highest BCUT2D eigenvalue weighted by Gasteiger charge is 2.35. The summed E-state index contributed by atoms with van der Waals surface area (Å²) in [5.41, 5.74) is 1.45. The molecule has 7 heteroatoms. The van der Waals surface area contributed by atoms with Crippen molar-refractivity contribution in [3.05, 3.63) is 58.7 Å². The predicted octanol–water partition coefficient (Wildman–Crippen LogP) is 5.02. The van der Waals surface area contributed by atoms with Crippen molar-refractivity contribution in [3.8, 4) is 17.2 Å². The Labute approximate surface area is 198 Å². The van der Waals surface area contributed by atoms with Gasteiger partial charge < -0.3 is 19.7 Å². The summed E-state index contributed by atoms with van der Waals surface area (Å²) in [5.74, 6) is -1.48. The van der Waals surface area contributed by atoms with E-state index in [2.05, 4.69) is 0 Å². The van der Waals surface area contributed by atoms with Crippen LogP contribution < -0.4 is 4.74 Å². The van der Waals surface area contributed by atoms with Gasteiger partial charge in [-0.3, -0.25) is 9.59 Å². The van der Waals surface area contributed by atoms with Gasteiger partial charge in [0.1, 0.15) is 28.6 Å². The maximum atomic E-state index is 13.2. The zero-order chi connectivity index (χ0) is 24.2. The highest BCUT2D eigenvalue weighted by atomic mass is 16.5. The van der Waals surface area contributed by atoms with Crippen molar-refractivity contribution in [2.45, 2.75) is 63.9 Å². The lowest BCUT2D eigenvalue weighted by molar-refractivity contribution is -0.135. The third-order valence-corrected chi connectivity index (χ3v) is 6.27. The topological polar surface area (TPSA) is 110 Å². The number of phenolic OH excluding ortho intramolecular Hbond substituents is 2. The summed E-state index contributed by atoms with van der Waals surface area (Å²) < 4.78 is 11.1. The van der Waals surface area contributed by atoms with Gasteiger partial charge in [-0.25, -0.2) is 4.79 Å². The molecule has 2 aliphatic heterocycles. The van der Waals surface area contributed by atoms with Crippen molar-refractivity contribution in [2.75, 3.05) is 0 Å². The number of ketones is 1. The van der Waals surface area contributed by atoms with Gasteiger partial charge in [-0.15, -0.1) is 0 Å².